The van der Waals surface area contributed by atoms with Crippen molar-refractivity contribution >= 4 is 31.6 Å². The highest BCUT2D eigenvalue weighted by atomic mass is 32.2. The van der Waals surface area contributed by atoms with Gasteiger partial charge in [-0.05, 0) is 36.8 Å². The molecule has 0 saturated carbocycles. The van der Waals surface area contributed by atoms with Gasteiger partial charge in [0, 0.05) is 6.54 Å². The fourth-order valence-corrected chi connectivity index (χ4v) is 5.22. The summed E-state index contributed by atoms with van der Waals surface area (Å²) in [5, 5.41) is 0. The SMILES string of the molecule is CCCn1c(=O)sc2cc(S(=O)(=O)NCC3COc4ccccc4O3)ccc21. The van der Waals surface area contributed by atoms with Crippen LogP contribution in [0.5, 0.6) is 11.5 Å². The van der Waals surface area contributed by atoms with Gasteiger partial charge >= 0.3 is 4.87 Å². The molecule has 4 rings (SSSR count). The summed E-state index contributed by atoms with van der Waals surface area (Å²) in [5.74, 6) is 1.25. The van der Waals surface area contributed by atoms with E-state index in [0.717, 1.165) is 23.3 Å². The van der Waals surface area contributed by atoms with Gasteiger partial charge in [-0.3, -0.25) is 9.36 Å². The first kappa shape index (κ1) is 19.0. The Hall–Kier alpha value is -2.36. The van der Waals surface area contributed by atoms with E-state index in [4.69, 9.17) is 9.47 Å². The maximum absolute atomic E-state index is 12.7. The van der Waals surface area contributed by atoms with Crippen LogP contribution < -0.4 is 19.1 Å². The van der Waals surface area contributed by atoms with Crippen LogP contribution in [0.25, 0.3) is 10.2 Å². The van der Waals surface area contributed by atoms with Crippen molar-refractivity contribution in [2.45, 2.75) is 30.9 Å². The van der Waals surface area contributed by atoms with E-state index < -0.39 is 16.1 Å². The van der Waals surface area contributed by atoms with Crippen molar-refractivity contribution < 1.29 is 17.9 Å². The Bertz CT molecular complexity index is 1170. The molecule has 1 aliphatic heterocycles. The Morgan fingerprint density at radius 1 is 1.21 bits per heavy atom. The minimum Gasteiger partial charge on any atom is -0.486 e. The summed E-state index contributed by atoms with van der Waals surface area (Å²) >= 11 is 1.06. The second kappa shape index (κ2) is 7.57. The van der Waals surface area contributed by atoms with E-state index in [9.17, 15) is 13.2 Å². The molecule has 3 aromatic rings. The van der Waals surface area contributed by atoms with Crippen molar-refractivity contribution in [1.82, 2.24) is 9.29 Å². The summed E-state index contributed by atoms with van der Waals surface area (Å²) in [5.41, 5.74) is 0.761. The summed E-state index contributed by atoms with van der Waals surface area (Å²) in [4.78, 5) is 12.2. The van der Waals surface area contributed by atoms with E-state index in [1.807, 2.05) is 19.1 Å². The second-order valence-corrected chi connectivity index (χ2v) is 9.26. The molecule has 1 aliphatic rings. The maximum atomic E-state index is 12.7. The van der Waals surface area contributed by atoms with Crippen molar-refractivity contribution in [1.29, 1.82) is 0 Å². The van der Waals surface area contributed by atoms with Crippen molar-refractivity contribution in [2.24, 2.45) is 0 Å². The lowest BCUT2D eigenvalue weighted by Gasteiger charge is -2.26. The molecule has 0 fully saturated rings. The van der Waals surface area contributed by atoms with Gasteiger partial charge in [-0.1, -0.05) is 30.4 Å². The van der Waals surface area contributed by atoms with Gasteiger partial charge in [0.15, 0.2) is 11.5 Å². The van der Waals surface area contributed by atoms with Crippen LogP contribution in [0.4, 0.5) is 0 Å². The van der Waals surface area contributed by atoms with Gasteiger partial charge in [-0.2, -0.15) is 0 Å². The van der Waals surface area contributed by atoms with E-state index in [0.29, 0.717) is 22.7 Å². The zero-order valence-electron chi connectivity index (χ0n) is 15.3. The Morgan fingerprint density at radius 3 is 2.79 bits per heavy atom. The molecule has 1 atom stereocenters. The van der Waals surface area contributed by atoms with Crippen LogP contribution in [0.15, 0.2) is 52.2 Å². The van der Waals surface area contributed by atoms with Crippen LogP contribution >= 0.6 is 11.3 Å². The summed E-state index contributed by atoms with van der Waals surface area (Å²) in [6.07, 6.45) is 0.412. The Kier molecular flexibility index (Phi) is 5.13. The van der Waals surface area contributed by atoms with Gasteiger partial charge in [0.05, 0.1) is 21.7 Å². The van der Waals surface area contributed by atoms with Crippen molar-refractivity contribution in [3.8, 4) is 11.5 Å². The molecule has 1 aromatic heterocycles. The molecule has 0 amide bonds. The molecule has 28 heavy (non-hydrogen) atoms. The minimum absolute atomic E-state index is 0.0780. The largest absolute Gasteiger partial charge is 0.486 e. The molecule has 1 unspecified atom stereocenters. The number of ether oxygens (including phenoxy) is 2. The molecule has 0 radical (unpaired) electrons. The first-order chi connectivity index (χ1) is 13.5. The van der Waals surface area contributed by atoms with Gasteiger partial charge < -0.3 is 9.47 Å². The van der Waals surface area contributed by atoms with Crippen LogP contribution in [0.3, 0.4) is 0 Å². The van der Waals surface area contributed by atoms with Gasteiger partial charge in [-0.15, -0.1) is 0 Å². The van der Waals surface area contributed by atoms with Gasteiger partial charge in [0.1, 0.15) is 12.7 Å². The zero-order chi connectivity index (χ0) is 19.7. The average Bonchev–Trinajstić information content (AvgIpc) is 3.01. The third kappa shape index (κ3) is 3.65. The number of nitrogens with one attached hydrogen (secondary N) is 1. The minimum atomic E-state index is -3.73. The number of fused-ring (bicyclic) bond motifs is 2. The third-order valence-electron chi connectivity index (χ3n) is 4.47. The van der Waals surface area contributed by atoms with Crippen LogP contribution in [0, 0.1) is 0 Å². The van der Waals surface area contributed by atoms with Crippen molar-refractivity contribution in [3.05, 3.63) is 52.1 Å². The second-order valence-electron chi connectivity index (χ2n) is 6.50. The smallest absolute Gasteiger partial charge is 0.308 e. The number of hydrogen-bond donors (Lipinski definition) is 1. The summed E-state index contributed by atoms with van der Waals surface area (Å²) in [7, 11) is -3.73. The number of thiazole rings is 1. The van der Waals surface area contributed by atoms with Crippen molar-refractivity contribution in [2.75, 3.05) is 13.2 Å². The van der Waals surface area contributed by atoms with Crippen LogP contribution in [0.2, 0.25) is 0 Å². The molecular formula is C19H20N2O5S2. The number of aromatic nitrogens is 1. The highest BCUT2D eigenvalue weighted by Gasteiger charge is 2.24. The summed E-state index contributed by atoms with van der Waals surface area (Å²) in [6.45, 7) is 2.96. The van der Waals surface area contributed by atoms with Crippen molar-refractivity contribution in [3.63, 3.8) is 0 Å². The molecule has 2 aromatic carbocycles. The van der Waals surface area contributed by atoms with Crippen LogP contribution in [-0.2, 0) is 16.6 Å². The number of benzene rings is 2. The molecule has 148 valence electrons. The van der Waals surface area contributed by atoms with Gasteiger partial charge in [0.2, 0.25) is 10.0 Å². The molecule has 2 heterocycles. The predicted molar refractivity (Wildman–Crippen MR) is 108 cm³/mol. The lowest BCUT2D eigenvalue weighted by Crippen LogP contribution is -2.40. The molecule has 0 bridgehead atoms. The van der Waals surface area contributed by atoms with Crippen LogP contribution in [-0.4, -0.2) is 32.2 Å². The molecule has 1 N–H and O–H groups in total. The number of aryl methyl sites for hydroxylation is 1. The Balaban J connectivity index is 1.50. The normalized spacial score (nSPS) is 16.4. The zero-order valence-corrected chi connectivity index (χ0v) is 16.9. The molecule has 9 heteroatoms. The molecule has 7 nitrogen and oxygen atoms in total. The molecule has 0 spiro atoms. The standard InChI is InChI=1S/C19H20N2O5S2/c1-2-9-21-15-8-7-14(10-18(15)27-19(21)22)28(23,24)20-11-13-12-25-16-5-3-4-6-17(16)26-13/h3-8,10,13,20H,2,9,11-12H2,1H3. The molecular weight excluding hydrogens is 400 g/mol. The Labute approximate surface area is 166 Å². The van der Waals surface area contributed by atoms with Gasteiger partial charge in [-0.25, -0.2) is 13.1 Å². The van der Waals surface area contributed by atoms with Gasteiger partial charge in [0.25, 0.3) is 0 Å². The first-order valence-corrected chi connectivity index (χ1v) is 11.3. The molecule has 0 saturated heterocycles. The van der Waals surface area contributed by atoms with E-state index in [2.05, 4.69) is 4.72 Å². The lowest BCUT2D eigenvalue weighted by atomic mass is 10.2. The number of rotatable bonds is 6. The van der Waals surface area contributed by atoms with E-state index in [1.54, 1.807) is 28.8 Å². The number of nitrogens with zero attached hydrogens (tertiary/aromatic N) is 1. The first-order valence-electron chi connectivity index (χ1n) is 8.99. The topological polar surface area (TPSA) is 86.6 Å². The fourth-order valence-electron chi connectivity index (χ4n) is 3.10. The maximum Gasteiger partial charge on any atom is 0.308 e. The highest BCUT2D eigenvalue weighted by molar-refractivity contribution is 7.89. The van der Waals surface area contributed by atoms with E-state index in [1.165, 1.54) is 6.07 Å². The van der Waals surface area contributed by atoms with E-state index in [-0.39, 0.29) is 22.9 Å². The summed E-state index contributed by atoms with van der Waals surface area (Å²) < 4.78 is 41.7. The Morgan fingerprint density at radius 2 is 2.00 bits per heavy atom. The number of para-hydroxylation sites is 2. The van der Waals surface area contributed by atoms with E-state index >= 15 is 0 Å². The fraction of sp³-hybridized carbons (Fsp3) is 0.316. The highest BCUT2D eigenvalue weighted by Crippen LogP contribution is 2.30. The number of hydrogen-bond acceptors (Lipinski definition) is 6. The van der Waals surface area contributed by atoms with Crippen LogP contribution in [0.1, 0.15) is 13.3 Å². The summed E-state index contributed by atoms with van der Waals surface area (Å²) in [6, 6.07) is 12.0. The lowest BCUT2D eigenvalue weighted by molar-refractivity contribution is 0.0943. The predicted octanol–water partition coefficient (Wildman–Crippen LogP) is 2.59. The monoisotopic (exact) mass is 420 g/mol. The molecule has 0 aliphatic carbocycles. The number of sulfonamides is 1. The quantitative estimate of drug-likeness (QED) is 0.662. The average molecular weight is 421 g/mol. The third-order valence-corrected chi connectivity index (χ3v) is 6.83.